The summed E-state index contributed by atoms with van der Waals surface area (Å²) in [6.45, 7) is 5.92. The standard InChI is InChI=1S/C19H23NO4/c1-12-8-9-17(23-12)19(3,21)11-20-13(2)16-10-14-6-5-7-15(22-4)18(14)24-16/h5-10,13,20-21H,11H2,1-4H3. The Morgan fingerprint density at radius 1 is 1.25 bits per heavy atom. The van der Waals surface area contributed by atoms with Crippen LogP contribution >= 0.6 is 0 Å². The Bertz CT molecular complexity index is 831. The SMILES string of the molecule is COc1cccc2cc(C(C)NCC(C)(O)c3ccc(C)o3)oc12. The fourth-order valence-electron chi connectivity index (χ4n) is 2.69. The molecule has 2 N–H and O–H groups in total. The Balaban J connectivity index is 1.74. The Labute approximate surface area is 141 Å². The summed E-state index contributed by atoms with van der Waals surface area (Å²) >= 11 is 0. The highest BCUT2D eigenvalue weighted by atomic mass is 16.5. The summed E-state index contributed by atoms with van der Waals surface area (Å²) in [4.78, 5) is 0. The average Bonchev–Trinajstić information content (AvgIpc) is 3.18. The zero-order valence-electron chi connectivity index (χ0n) is 14.4. The summed E-state index contributed by atoms with van der Waals surface area (Å²) in [6, 6.07) is 11.4. The van der Waals surface area contributed by atoms with E-state index in [0.29, 0.717) is 18.1 Å². The molecule has 5 heteroatoms. The van der Waals surface area contributed by atoms with Crippen molar-refractivity contribution in [2.24, 2.45) is 0 Å². The first-order valence-corrected chi connectivity index (χ1v) is 8.00. The fourth-order valence-corrected chi connectivity index (χ4v) is 2.69. The topological polar surface area (TPSA) is 67.8 Å². The molecule has 128 valence electrons. The van der Waals surface area contributed by atoms with Crippen molar-refractivity contribution in [3.63, 3.8) is 0 Å². The molecule has 0 saturated heterocycles. The van der Waals surface area contributed by atoms with Crippen LogP contribution in [0.3, 0.4) is 0 Å². The second-order valence-electron chi connectivity index (χ2n) is 6.31. The van der Waals surface area contributed by atoms with Crippen molar-refractivity contribution in [3.8, 4) is 5.75 Å². The van der Waals surface area contributed by atoms with Gasteiger partial charge in [0.15, 0.2) is 11.3 Å². The third kappa shape index (κ3) is 3.18. The summed E-state index contributed by atoms with van der Waals surface area (Å²) in [5, 5.41) is 14.9. The molecule has 0 amide bonds. The largest absolute Gasteiger partial charge is 0.493 e. The van der Waals surface area contributed by atoms with Crippen molar-refractivity contribution < 1.29 is 18.7 Å². The van der Waals surface area contributed by atoms with Gasteiger partial charge in [-0.15, -0.1) is 0 Å². The van der Waals surface area contributed by atoms with E-state index in [-0.39, 0.29) is 6.04 Å². The monoisotopic (exact) mass is 329 g/mol. The fraction of sp³-hybridized carbons (Fsp3) is 0.368. The summed E-state index contributed by atoms with van der Waals surface area (Å²) < 4.78 is 16.8. The van der Waals surface area contributed by atoms with Crippen LogP contribution in [0.2, 0.25) is 0 Å². The maximum Gasteiger partial charge on any atom is 0.176 e. The van der Waals surface area contributed by atoms with Crippen LogP contribution < -0.4 is 10.1 Å². The molecular weight excluding hydrogens is 306 g/mol. The number of nitrogens with one attached hydrogen (secondary N) is 1. The molecule has 2 aromatic heterocycles. The van der Waals surface area contributed by atoms with Crippen LogP contribution in [0, 0.1) is 6.92 Å². The Morgan fingerprint density at radius 3 is 2.71 bits per heavy atom. The molecule has 0 spiro atoms. The van der Waals surface area contributed by atoms with Gasteiger partial charge in [0.05, 0.1) is 13.2 Å². The van der Waals surface area contributed by atoms with E-state index in [9.17, 15) is 5.11 Å². The second kappa shape index (κ2) is 6.34. The summed E-state index contributed by atoms with van der Waals surface area (Å²) in [6.07, 6.45) is 0. The molecule has 2 atom stereocenters. The third-order valence-electron chi connectivity index (χ3n) is 4.20. The number of ether oxygens (including phenoxy) is 1. The molecule has 5 nitrogen and oxygen atoms in total. The number of hydrogen-bond acceptors (Lipinski definition) is 5. The molecule has 0 aliphatic carbocycles. The average molecular weight is 329 g/mol. The van der Waals surface area contributed by atoms with Gasteiger partial charge >= 0.3 is 0 Å². The van der Waals surface area contributed by atoms with E-state index in [1.54, 1.807) is 20.1 Å². The van der Waals surface area contributed by atoms with Gasteiger partial charge in [0.25, 0.3) is 0 Å². The molecule has 0 bridgehead atoms. The van der Waals surface area contributed by atoms with Crippen molar-refractivity contribution in [1.29, 1.82) is 0 Å². The van der Waals surface area contributed by atoms with Crippen LogP contribution in [0.5, 0.6) is 5.75 Å². The van der Waals surface area contributed by atoms with Gasteiger partial charge in [-0.05, 0) is 45.0 Å². The maximum absolute atomic E-state index is 10.6. The van der Waals surface area contributed by atoms with Crippen molar-refractivity contribution in [1.82, 2.24) is 5.32 Å². The molecule has 0 aliphatic heterocycles. The predicted octanol–water partition coefficient (Wildman–Crippen LogP) is 3.90. The quantitative estimate of drug-likeness (QED) is 0.718. The summed E-state index contributed by atoms with van der Waals surface area (Å²) in [7, 11) is 1.63. The van der Waals surface area contributed by atoms with Crippen molar-refractivity contribution >= 4 is 11.0 Å². The van der Waals surface area contributed by atoms with Gasteiger partial charge in [-0.2, -0.15) is 0 Å². The molecule has 2 unspecified atom stereocenters. The third-order valence-corrected chi connectivity index (χ3v) is 4.20. The molecule has 3 aromatic rings. The number of aliphatic hydroxyl groups is 1. The van der Waals surface area contributed by atoms with E-state index in [1.165, 1.54) is 0 Å². The lowest BCUT2D eigenvalue weighted by Gasteiger charge is -2.23. The van der Waals surface area contributed by atoms with E-state index in [1.807, 2.05) is 44.2 Å². The smallest absolute Gasteiger partial charge is 0.176 e. The van der Waals surface area contributed by atoms with Gasteiger partial charge < -0.3 is 24.0 Å². The molecular formula is C19H23NO4. The van der Waals surface area contributed by atoms with Crippen LogP contribution in [0.1, 0.15) is 37.2 Å². The Morgan fingerprint density at radius 2 is 2.04 bits per heavy atom. The molecule has 24 heavy (non-hydrogen) atoms. The molecule has 0 fully saturated rings. The van der Waals surface area contributed by atoms with Gasteiger partial charge in [-0.1, -0.05) is 12.1 Å². The van der Waals surface area contributed by atoms with E-state index < -0.39 is 5.60 Å². The zero-order chi connectivity index (χ0) is 17.3. The summed E-state index contributed by atoms with van der Waals surface area (Å²) in [5.41, 5.74) is -0.358. The number of fused-ring (bicyclic) bond motifs is 1. The highest BCUT2D eigenvalue weighted by Crippen LogP contribution is 2.31. The molecule has 2 heterocycles. The van der Waals surface area contributed by atoms with Gasteiger partial charge in [0.1, 0.15) is 22.9 Å². The number of furan rings is 2. The van der Waals surface area contributed by atoms with Gasteiger partial charge in [-0.25, -0.2) is 0 Å². The van der Waals surface area contributed by atoms with Crippen LogP contribution in [0.4, 0.5) is 0 Å². The van der Waals surface area contributed by atoms with Crippen molar-refractivity contribution in [2.75, 3.05) is 13.7 Å². The predicted molar refractivity (Wildman–Crippen MR) is 92.2 cm³/mol. The molecule has 0 radical (unpaired) electrons. The zero-order valence-corrected chi connectivity index (χ0v) is 14.4. The van der Waals surface area contributed by atoms with E-state index in [0.717, 1.165) is 22.5 Å². The van der Waals surface area contributed by atoms with E-state index in [4.69, 9.17) is 13.6 Å². The first-order chi connectivity index (χ1) is 11.4. The lowest BCUT2D eigenvalue weighted by Crippen LogP contribution is -2.36. The maximum atomic E-state index is 10.6. The Hall–Kier alpha value is -2.24. The number of hydrogen-bond donors (Lipinski definition) is 2. The Kier molecular flexibility index (Phi) is 4.39. The minimum absolute atomic E-state index is 0.0651. The lowest BCUT2D eigenvalue weighted by atomic mass is 10.0. The number of benzene rings is 1. The number of para-hydroxylation sites is 1. The van der Waals surface area contributed by atoms with Crippen LogP contribution in [0.25, 0.3) is 11.0 Å². The van der Waals surface area contributed by atoms with E-state index in [2.05, 4.69) is 5.32 Å². The number of methoxy groups -OCH3 is 1. The number of rotatable bonds is 6. The minimum Gasteiger partial charge on any atom is -0.493 e. The molecule has 0 aliphatic rings. The van der Waals surface area contributed by atoms with Gasteiger partial charge in [0.2, 0.25) is 0 Å². The number of aryl methyl sites for hydroxylation is 1. The van der Waals surface area contributed by atoms with Crippen molar-refractivity contribution in [2.45, 2.75) is 32.4 Å². The first-order valence-electron chi connectivity index (χ1n) is 8.00. The summed E-state index contributed by atoms with van der Waals surface area (Å²) in [5.74, 6) is 2.83. The highest BCUT2D eigenvalue weighted by molar-refractivity contribution is 5.83. The van der Waals surface area contributed by atoms with Crippen LogP contribution in [-0.4, -0.2) is 18.8 Å². The van der Waals surface area contributed by atoms with Gasteiger partial charge in [0, 0.05) is 11.9 Å². The van der Waals surface area contributed by atoms with E-state index >= 15 is 0 Å². The highest BCUT2D eigenvalue weighted by Gasteiger charge is 2.27. The van der Waals surface area contributed by atoms with Crippen LogP contribution in [0.15, 0.2) is 45.2 Å². The molecule has 3 rings (SSSR count). The minimum atomic E-state index is -1.09. The normalized spacial score (nSPS) is 15.4. The second-order valence-corrected chi connectivity index (χ2v) is 6.31. The first kappa shape index (κ1) is 16.6. The molecule has 0 saturated carbocycles. The van der Waals surface area contributed by atoms with Gasteiger partial charge in [-0.3, -0.25) is 0 Å². The lowest BCUT2D eigenvalue weighted by molar-refractivity contribution is 0.0307. The molecule has 1 aromatic carbocycles. The van der Waals surface area contributed by atoms with Crippen LogP contribution in [-0.2, 0) is 5.60 Å². The van der Waals surface area contributed by atoms with Crippen molar-refractivity contribution in [3.05, 3.63) is 53.7 Å².